The summed E-state index contributed by atoms with van der Waals surface area (Å²) in [6.45, 7) is 0.559. The third-order valence-corrected chi connectivity index (χ3v) is 3.22. The van der Waals surface area contributed by atoms with Crippen molar-refractivity contribution in [3.05, 3.63) is 35.4 Å². The van der Waals surface area contributed by atoms with Gasteiger partial charge >= 0.3 is 6.18 Å². The van der Waals surface area contributed by atoms with Crippen molar-refractivity contribution in [1.82, 2.24) is 0 Å². The summed E-state index contributed by atoms with van der Waals surface area (Å²) in [6, 6.07) is 5.54. The zero-order valence-electron chi connectivity index (χ0n) is 8.85. The van der Waals surface area contributed by atoms with E-state index in [2.05, 4.69) is 0 Å². The molecule has 0 bridgehead atoms. The number of rotatable bonds is 3. The van der Waals surface area contributed by atoms with Crippen LogP contribution in [0, 0.1) is 5.41 Å². The van der Waals surface area contributed by atoms with Gasteiger partial charge in [-0.05, 0) is 42.9 Å². The molecule has 2 rings (SSSR count). The van der Waals surface area contributed by atoms with Gasteiger partial charge < -0.3 is 5.73 Å². The van der Waals surface area contributed by atoms with Crippen LogP contribution in [-0.2, 0) is 12.6 Å². The van der Waals surface area contributed by atoms with Gasteiger partial charge in [0.25, 0.3) is 0 Å². The SMILES string of the molecule is NCC1(Cc2cccc(C(F)(F)F)c2)CC1. The van der Waals surface area contributed by atoms with Crippen molar-refractivity contribution >= 4 is 0 Å². The van der Waals surface area contributed by atoms with E-state index in [1.54, 1.807) is 6.07 Å². The Morgan fingerprint density at radius 1 is 1.25 bits per heavy atom. The lowest BCUT2D eigenvalue weighted by molar-refractivity contribution is -0.137. The maximum Gasteiger partial charge on any atom is 0.416 e. The van der Waals surface area contributed by atoms with Gasteiger partial charge in [-0.15, -0.1) is 0 Å². The van der Waals surface area contributed by atoms with Gasteiger partial charge in [-0.25, -0.2) is 0 Å². The topological polar surface area (TPSA) is 26.0 Å². The fourth-order valence-electron chi connectivity index (χ4n) is 1.92. The van der Waals surface area contributed by atoms with Crippen molar-refractivity contribution in [2.45, 2.75) is 25.4 Å². The van der Waals surface area contributed by atoms with Gasteiger partial charge in [-0.3, -0.25) is 0 Å². The van der Waals surface area contributed by atoms with Crippen molar-refractivity contribution in [2.24, 2.45) is 11.1 Å². The lowest BCUT2D eigenvalue weighted by Gasteiger charge is -2.13. The first-order chi connectivity index (χ1) is 7.45. The maximum atomic E-state index is 12.5. The van der Waals surface area contributed by atoms with Gasteiger partial charge in [0.2, 0.25) is 0 Å². The van der Waals surface area contributed by atoms with E-state index < -0.39 is 11.7 Å². The number of benzene rings is 1. The highest BCUT2D eigenvalue weighted by atomic mass is 19.4. The molecule has 0 amide bonds. The van der Waals surface area contributed by atoms with E-state index in [0.717, 1.165) is 24.5 Å². The second-order valence-corrected chi connectivity index (χ2v) is 4.58. The largest absolute Gasteiger partial charge is 0.416 e. The lowest BCUT2D eigenvalue weighted by Crippen LogP contribution is -2.18. The molecule has 1 aromatic carbocycles. The number of nitrogens with two attached hydrogens (primary N) is 1. The highest BCUT2D eigenvalue weighted by molar-refractivity contribution is 5.27. The molecule has 1 aliphatic rings. The molecule has 0 radical (unpaired) electrons. The van der Waals surface area contributed by atoms with Gasteiger partial charge in [0.05, 0.1) is 5.56 Å². The predicted octanol–water partition coefficient (Wildman–Crippen LogP) is 2.99. The Kier molecular flexibility index (Phi) is 2.70. The van der Waals surface area contributed by atoms with Crippen molar-refractivity contribution < 1.29 is 13.2 Å². The van der Waals surface area contributed by atoms with Crippen LogP contribution >= 0.6 is 0 Å². The summed E-state index contributed by atoms with van der Waals surface area (Å²) in [7, 11) is 0. The Bertz CT molecular complexity index is 380. The first-order valence-corrected chi connectivity index (χ1v) is 5.31. The monoisotopic (exact) mass is 229 g/mol. The van der Waals surface area contributed by atoms with E-state index in [-0.39, 0.29) is 5.41 Å². The molecular formula is C12H14F3N. The predicted molar refractivity (Wildman–Crippen MR) is 55.9 cm³/mol. The van der Waals surface area contributed by atoms with Crippen LogP contribution in [-0.4, -0.2) is 6.54 Å². The Balaban J connectivity index is 2.17. The third kappa shape index (κ3) is 2.38. The average Bonchev–Trinajstić information content (AvgIpc) is 2.98. The lowest BCUT2D eigenvalue weighted by atomic mass is 9.95. The molecule has 0 spiro atoms. The molecule has 88 valence electrons. The van der Waals surface area contributed by atoms with Crippen LogP contribution in [0.2, 0.25) is 0 Å². The van der Waals surface area contributed by atoms with Gasteiger partial charge in [0.15, 0.2) is 0 Å². The van der Waals surface area contributed by atoms with Crippen LogP contribution in [0.15, 0.2) is 24.3 Å². The molecule has 2 N–H and O–H groups in total. The molecule has 0 aromatic heterocycles. The van der Waals surface area contributed by atoms with Gasteiger partial charge in [0, 0.05) is 0 Å². The van der Waals surface area contributed by atoms with Crippen LogP contribution in [0.3, 0.4) is 0 Å². The Labute approximate surface area is 92.5 Å². The van der Waals surface area contributed by atoms with Gasteiger partial charge in [-0.2, -0.15) is 13.2 Å². The Morgan fingerprint density at radius 2 is 1.94 bits per heavy atom. The van der Waals surface area contributed by atoms with E-state index in [1.165, 1.54) is 12.1 Å². The van der Waals surface area contributed by atoms with E-state index >= 15 is 0 Å². The first kappa shape index (κ1) is 11.5. The third-order valence-electron chi connectivity index (χ3n) is 3.22. The fraction of sp³-hybridized carbons (Fsp3) is 0.500. The number of hydrogen-bond acceptors (Lipinski definition) is 1. The molecule has 1 fully saturated rings. The molecule has 4 heteroatoms. The summed E-state index contributed by atoms with van der Waals surface area (Å²) in [6.07, 6.45) is -1.54. The quantitative estimate of drug-likeness (QED) is 0.847. The van der Waals surface area contributed by atoms with Crippen molar-refractivity contribution in [3.8, 4) is 0 Å². The highest BCUT2D eigenvalue weighted by Gasteiger charge is 2.41. The number of halogens is 3. The van der Waals surface area contributed by atoms with Crippen LogP contribution < -0.4 is 5.73 Å². The molecule has 0 atom stereocenters. The molecule has 0 saturated heterocycles. The standard InChI is InChI=1S/C12H14F3N/c13-12(14,15)10-3-1-2-9(6-10)7-11(8-16)4-5-11/h1-3,6H,4-5,7-8,16H2. The molecule has 16 heavy (non-hydrogen) atoms. The molecule has 1 nitrogen and oxygen atoms in total. The minimum Gasteiger partial charge on any atom is -0.330 e. The zero-order valence-corrected chi connectivity index (χ0v) is 8.85. The fourth-order valence-corrected chi connectivity index (χ4v) is 1.92. The van der Waals surface area contributed by atoms with E-state index in [0.29, 0.717) is 13.0 Å². The van der Waals surface area contributed by atoms with Crippen LogP contribution in [0.25, 0.3) is 0 Å². The summed E-state index contributed by atoms with van der Waals surface area (Å²) >= 11 is 0. The van der Waals surface area contributed by atoms with Crippen molar-refractivity contribution in [1.29, 1.82) is 0 Å². The first-order valence-electron chi connectivity index (χ1n) is 5.31. The molecule has 0 unspecified atom stereocenters. The summed E-state index contributed by atoms with van der Waals surface area (Å²) in [5.74, 6) is 0. The zero-order chi connectivity index (χ0) is 11.8. The van der Waals surface area contributed by atoms with E-state index in [1.807, 2.05) is 0 Å². The average molecular weight is 229 g/mol. The normalized spacial score (nSPS) is 18.5. The number of alkyl halides is 3. The molecule has 1 aliphatic carbocycles. The number of hydrogen-bond donors (Lipinski definition) is 1. The molecule has 0 heterocycles. The van der Waals surface area contributed by atoms with Crippen LogP contribution in [0.4, 0.5) is 13.2 Å². The maximum absolute atomic E-state index is 12.5. The van der Waals surface area contributed by atoms with Gasteiger partial charge in [0.1, 0.15) is 0 Å². The van der Waals surface area contributed by atoms with E-state index in [9.17, 15) is 13.2 Å². The Hall–Kier alpha value is -1.03. The smallest absolute Gasteiger partial charge is 0.330 e. The summed E-state index contributed by atoms with van der Waals surface area (Å²) in [4.78, 5) is 0. The summed E-state index contributed by atoms with van der Waals surface area (Å²) < 4.78 is 37.4. The van der Waals surface area contributed by atoms with Crippen molar-refractivity contribution in [2.75, 3.05) is 6.54 Å². The minimum atomic E-state index is -4.25. The van der Waals surface area contributed by atoms with Gasteiger partial charge in [-0.1, -0.05) is 18.2 Å². The molecular weight excluding hydrogens is 215 g/mol. The van der Waals surface area contributed by atoms with Crippen LogP contribution in [0.5, 0.6) is 0 Å². The summed E-state index contributed by atoms with van der Waals surface area (Å²) in [5, 5.41) is 0. The summed E-state index contributed by atoms with van der Waals surface area (Å²) in [5.41, 5.74) is 5.85. The molecule has 0 aliphatic heterocycles. The Morgan fingerprint density at radius 3 is 2.44 bits per heavy atom. The molecule has 1 saturated carbocycles. The van der Waals surface area contributed by atoms with E-state index in [4.69, 9.17) is 5.73 Å². The highest BCUT2D eigenvalue weighted by Crippen LogP contribution is 2.47. The van der Waals surface area contributed by atoms with Crippen LogP contribution in [0.1, 0.15) is 24.0 Å². The van der Waals surface area contributed by atoms with Crippen molar-refractivity contribution in [3.63, 3.8) is 0 Å². The second kappa shape index (κ2) is 3.77. The second-order valence-electron chi connectivity index (χ2n) is 4.58. The molecule has 1 aromatic rings. The minimum absolute atomic E-state index is 0.0736.